The van der Waals surface area contributed by atoms with Gasteiger partial charge in [0, 0.05) is 37.3 Å². The first-order chi connectivity index (χ1) is 11.5. The number of amides is 3. The Morgan fingerprint density at radius 3 is 2.67 bits per heavy atom. The molecule has 2 N–H and O–H groups in total. The van der Waals surface area contributed by atoms with Gasteiger partial charge in [0.25, 0.3) is 0 Å². The standard InChI is InChI=1S/C16H21N3O5/c1-23-12-3-4-13(24-2)15-10(12)7-18(8-11(15)20)9-14(21)19-6-5-17-16(19)22/h3-4,11,20H,5-9H2,1-2H3,(H,17,22)/t11-/m0/s1. The molecule has 1 atom stereocenters. The molecule has 3 rings (SSSR count). The molecular weight excluding hydrogens is 314 g/mol. The number of rotatable bonds is 4. The average Bonchev–Trinajstić information content (AvgIpc) is 3.00. The molecule has 1 aromatic rings. The first kappa shape index (κ1) is 16.5. The number of carbonyl (C=O) groups excluding carboxylic acids is 2. The van der Waals surface area contributed by atoms with E-state index in [1.54, 1.807) is 26.4 Å². The van der Waals surface area contributed by atoms with E-state index in [-0.39, 0.29) is 25.0 Å². The topological polar surface area (TPSA) is 91.3 Å². The van der Waals surface area contributed by atoms with Crippen LogP contribution >= 0.6 is 0 Å². The van der Waals surface area contributed by atoms with Crippen LogP contribution < -0.4 is 14.8 Å². The van der Waals surface area contributed by atoms with Gasteiger partial charge in [-0.25, -0.2) is 4.79 Å². The summed E-state index contributed by atoms with van der Waals surface area (Å²) in [7, 11) is 3.11. The van der Waals surface area contributed by atoms with Gasteiger partial charge >= 0.3 is 6.03 Å². The Hall–Kier alpha value is -2.32. The summed E-state index contributed by atoms with van der Waals surface area (Å²) in [5.41, 5.74) is 1.49. The van der Waals surface area contributed by atoms with Gasteiger partial charge in [0.15, 0.2) is 0 Å². The first-order valence-electron chi connectivity index (χ1n) is 7.77. The van der Waals surface area contributed by atoms with E-state index in [0.717, 1.165) is 5.56 Å². The molecule has 1 saturated heterocycles. The van der Waals surface area contributed by atoms with E-state index in [4.69, 9.17) is 9.47 Å². The van der Waals surface area contributed by atoms with Crippen LogP contribution in [0.15, 0.2) is 12.1 Å². The third kappa shape index (κ3) is 2.90. The van der Waals surface area contributed by atoms with Crippen LogP contribution in [-0.2, 0) is 11.3 Å². The second-order valence-corrected chi connectivity index (χ2v) is 5.83. The van der Waals surface area contributed by atoms with Crippen LogP contribution in [0.5, 0.6) is 11.5 Å². The van der Waals surface area contributed by atoms with Crippen molar-refractivity contribution in [3.63, 3.8) is 0 Å². The highest BCUT2D eigenvalue weighted by atomic mass is 16.5. The summed E-state index contributed by atoms with van der Waals surface area (Å²) >= 11 is 0. The second-order valence-electron chi connectivity index (χ2n) is 5.83. The molecule has 0 saturated carbocycles. The fraction of sp³-hybridized carbons (Fsp3) is 0.500. The number of ether oxygens (including phenoxy) is 2. The van der Waals surface area contributed by atoms with Crippen LogP contribution in [-0.4, -0.2) is 67.2 Å². The van der Waals surface area contributed by atoms with Crippen molar-refractivity contribution in [2.75, 3.05) is 40.4 Å². The highest BCUT2D eigenvalue weighted by Gasteiger charge is 2.33. The number of aliphatic hydroxyl groups is 1. The number of urea groups is 1. The molecule has 0 spiro atoms. The number of hydrogen-bond donors (Lipinski definition) is 2. The number of methoxy groups -OCH3 is 2. The molecule has 24 heavy (non-hydrogen) atoms. The maximum absolute atomic E-state index is 12.3. The Labute approximate surface area is 139 Å². The lowest BCUT2D eigenvalue weighted by Crippen LogP contribution is -2.44. The van der Waals surface area contributed by atoms with Crippen LogP contribution in [0.25, 0.3) is 0 Å². The molecule has 0 aromatic heterocycles. The molecule has 0 unspecified atom stereocenters. The zero-order chi connectivity index (χ0) is 17.3. The normalized spacial score (nSPS) is 20.5. The SMILES string of the molecule is COc1ccc(OC)c2c1CN(CC(=O)N1CCNC1=O)C[C@@H]2O. The number of nitrogens with one attached hydrogen (secondary N) is 1. The van der Waals surface area contributed by atoms with E-state index < -0.39 is 6.10 Å². The van der Waals surface area contributed by atoms with E-state index >= 15 is 0 Å². The van der Waals surface area contributed by atoms with E-state index in [1.165, 1.54) is 4.90 Å². The summed E-state index contributed by atoms with van der Waals surface area (Å²) in [4.78, 5) is 26.9. The molecule has 8 heteroatoms. The van der Waals surface area contributed by atoms with Crippen LogP contribution in [0, 0.1) is 0 Å². The van der Waals surface area contributed by atoms with E-state index in [0.29, 0.717) is 36.7 Å². The van der Waals surface area contributed by atoms with E-state index in [9.17, 15) is 14.7 Å². The Kier molecular flexibility index (Phi) is 4.59. The van der Waals surface area contributed by atoms with Crippen molar-refractivity contribution in [1.82, 2.24) is 15.1 Å². The Morgan fingerprint density at radius 1 is 1.33 bits per heavy atom. The number of nitrogens with zero attached hydrogens (tertiary/aromatic N) is 2. The van der Waals surface area contributed by atoms with Crippen molar-refractivity contribution in [3.05, 3.63) is 23.3 Å². The van der Waals surface area contributed by atoms with Gasteiger partial charge in [0.05, 0.1) is 26.9 Å². The highest BCUT2D eigenvalue weighted by molar-refractivity contribution is 5.96. The molecule has 0 radical (unpaired) electrons. The van der Waals surface area contributed by atoms with Crippen molar-refractivity contribution in [3.8, 4) is 11.5 Å². The second kappa shape index (κ2) is 6.66. The van der Waals surface area contributed by atoms with Gasteiger partial charge in [-0.3, -0.25) is 14.6 Å². The van der Waals surface area contributed by atoms with Crippen LogP contribution in [0.2, 0.25) is 0 Å². The number of β-amino-alcohol motifs (C(OH)–C–C–N with tert-alkyl or cyclic N) is 1. The molecule has 2 aliphatic rings. The molecule has 130 valence electrons. The third-order valence-electron chi connectivity index (χ3n) is 4.38. The predicted octanol–water partition coefficient (Wildman–Crippen LogP) is 0.105. The Morgan fingerprint density at radius 2 is 2.04 bits per heavy atom. The number of hydrogen-bond acceptors (Lipinski definition) is 6. The maximum Gasteiger partial charge on any atom is 0.324 e. The number of carbonyl (C=O) groups is 2. The maximum atomic E-state index is 12.3. The molecular formula is C16H21N3O5. The minimum Gasteiger partial charge on any atom is -0.496 e. The molecule has 8 nitrogen and oxygen atoms in total. The molecule has 1 fully saturated rings. The lowest BCUT2D eigenvalue weighted by Gasteiger charge is -2.34. The summed E-state index contributed by atoms with van der Waals surface area (Å²) < 4.78 is 10.7. The lowest BCUT2D eigenvalue weighted by atomic mass is 9.95. The first-order valence-corrected chi connectivity index (χ1v) is 7.77. The number of benzene rings is 1. The summed E-state index contributed by atoms with van der Waals surface area (Å²) in [6.45, 7) is 1.64. The largest absolute Gasteiger partial charge is 0.496 e. The summed E-state index contributed by atoms with van der Waals surface area (Å²) in [6, 6.07) is 3.18. The van der Waals surface area contributed by atoms with Crippen LogP contribution in [0.4, 0.5) is 4.79 Å². The zero-order valence-electron chi connectivity index (χ0n) is 13.7. The molecule has 2 heterocycles. The third-order valence-corrected chi connectivity index (χ3v) is 4.38. The number of fused-ring (bicyclic) bond motifs is 1. The molecule has 2 aliphatic heterocycles. The Bertz CT molecular complexity index is 663. The highest BCUT2D eigenvalue weighted by Crippen LogP contribution is 2.39. The molecule has 3 amide bonds. The number of imide groups is 1. The fourth-order valence-corrected chi connectivity index (χ4v) is 3.25. The van der Waals surface area contributed by atoms with Crippen LogP contribution in [0.3, 0.4) is 0 Å². The van der Waals surface area contributed by atoms with Crippen molar-refractivity contribution in [1.29, 1.82) is 0 Å². The predicted molar refractivity (Wildman–Crippen MR) is 84.9 cm³/mol. The molecule has 0 aliphatic carbocycles. The minimum atomic E-state index is -0.793. The van der Waals surface area contributed by atoms with Gasteiger partial charge in [-0.15, -0.1) is 0 Å². The van der Waals surface area contributed by atoms with Crippen molar-refractivity contribution in [2.24, 2.45) is 0 Å². The Balaban J connectivity index is 1.81. The monoisotopic (exact) mass is 335 g/mol. The summed E-state index contributed by atoms with van der Waals surface area (Å²) in [5, 5.41) is 13.1. The smallest absolute Gasteiger partial charge is 0.324 e. The quantitative estimate of drug-likeness (QED) is 0.811. The minimum absolute atomic E-state index is 0.0598. The van der Waals surface area contributed by atoms with Gasteiger partial charge in [-0.05, 0) is 12.1 Å². The van der Waals surface area contributed by atoms with Crippen LogP contribution in [0.1, 0.15) is 17.2 Å². The van der Waals surface area contributed by atoms with Gasteiger partial charge in [0.1, 0.15) is 11.5 Å². The molecule has 0 bridgehead atoms. The van der Waals surface area contributed by atoms with Gasteiger partial charge in [-0.1, -0.05) is 0 Å². The van der Waals surface area contributed by atoms with E-state index in [2.05, 4.69) is 5.32 Å². The number of aliphatic hydroxyl groups excluding tert-OH is 1. The van der Waals surface area contributed by atoms with E-state index in [1.807, 2.05) is 4.90 Å². The van der Waals surface area contributed by atoms with Crippen molar-refractivity contribution in [2.45, 2.75) is 12.6 Å². The zero-order valence-corrected chi connectivity index (χ0v) is 13.7. The van der Waals surface area contributed by atoms with Gasteiger partial charge in [0.2, 0.25) is 5.91 Å². The van der Waals surface area contributed by atoms with Crippen molar-refractivity contribution < 1.29 is 24.2 Å². The van der Waals surface area contributed by atoms with Gasteiger partial charge in [-0.2, -0.15) is 0 Å². The fourth-order valence-electron chi connectivity index (χ4n) is 3.25. The lowest BCUT2D eigenvalue weighted by molar-refractivity contribution is -0.129. The average molecular weight is 335 g/mol. The van der Waals surface area contributed by atoms with Crippen molar-refractivity contribution >= 4 is 11.9 Å². The molecule has 1 aromatic carbocycles. The summed E-state index contributed by atoms with van der Waals surface area (Å²) in [5.74, 6) is 0.964. The van der Waals surface area contributed by atoms with Gasteiger partial charge < -0.3 is 19.9 Å². The summed E-state index contributed by atoms with van der Waals surface area (Å²) in [6.07, 6.45) is -0.793.